The molecule has 0 bridgehead atoms. The minimum Gasteiger partial charge on any atom is -0.457 e. The fourth-order valence-electron chi connectivity index (χ4n) is 5.26. The Balaban J connectivity index is 1.01. The monoisotopic (exact) mass is 508 g/mol. The summed E-state index contributed by atoms with van der Waals surface area (Å²) in [6.07, 6.45) is 0.892. The third-order valence-electron chi connectivity index (χ3n) is 7.30. The number of piperazine rings is 1. The van der Waals surface area contributed by atoms with Crippen molar-refractivity contribution in [2.24, 2.45) is 0 Å². The van der Waals surface area contributed by atoms with Crippen molar-refractivity contribution in [3.05, 3.63) is 101 Å². The van der Waals surface area contributed by atoms with Crippen molar-refractivity contribution >= 4 is 16.7 Å². The van der Waals surface area contributed by atoms with Gasteiger partial charge in [-0.2, -0.15) is 0 Å². The van der Waals surface area contributed by atoms with Crippen LogP contribution in [0.1, 0.15) is 17.8 Å². The predicted octanol–water partition coefficient (Wildman–Crippen LogP) is 4.35. The number of para-hydroxylation sites is 2. The minimum atomic E-state index is 0.00510. The van der Waals surface area contributed by atoms with Crippen molar-refractivity contribution in [2.75, 3.05) is 32.7 Å². The molecule has 1 fully saturated rings. The average molecular weight is 509 g/mol. The second-order valence-corrected chi connectivity index (χ2v) is 9.89. The van der Waals surface area contributed by atoms with Crippen LogP contribution in [0.5, 0.6) is 11.5 Å². The maximum absolute atomic E-state index is 13.2. The molecule has 6 rings (SSSR count). The number of benzene rings is 3. The van der Waals surface area contributed by atoms with Gasteiger partial charge in [-0.15, -0.1) is 10.2 Å². The quantitative estimate of drug-likeness (QED) is 0.310. The van der Waals surface area contributed by atoms with E-state index in [2.05, 4.69) is 32.1 Å². The van der Waals surface area contributed by atoms with Crippen molar-refractivity contribution in [1.82, 2.24) is 29.0 Å². The van der Waals surface area contributed by atoms with E-state index in [0.29, 0.717) is 17.7 Å². The van der Waals surface area contributed by atoms with Crippen LogP contribution in [0.4, 0.5) is 0 Å². The van der Waals surface area contributed by atoms with Crippen LogP contribution in [0.25, 0.3) is 16.7 Å². The van der Waals surface area contributed by atoms with Gasteiger partial charge >= 0.3 is 0 Å². The fourth-order valence-corrected chi connectivity index (χ4v) is 5.26. The molecule has 0 unspecified atom stereocenters. The molecule has 0 spiro atoms. The van der Waals surface area contributed by atoms with E-state index < -0.39 is 0 Å². The van der Waals surface area contributed by atoms with E-state index in [-0.39, 0.29) is 5.56 Å². The van der Waals surface area contributed by atoms with E-state index >= 15 is 0 Å². The lowest BCUT2D eigenvalue weighted by Gasteiger charge is -2.34. The Morgan fingerprint density at radius 3 is 2.24 bits per heavy atom. The highest BCUT2D eigenvalue weighted by Crippen LogP contribution is 2.22. The summed E-state index contributed by atoms with van der Waals surface area (Å²) in [4.78, 5) is 18.2. The normalized spacial score (nSPS) is 14.9. The van der Waals surface area contributed by atoms with Gasteiger partial charge in [0.2, 0.25) is 5.78 Å². The molecule has 0 saturated carbocycles. The maximum Gasteiger partial charge on any atom is 0.262 e. The van der Waals surface area contributed by atoms with Gasteiger partial charge in [-0.05, 0) is 61.9 Å². The zero-order valence-corrected chi connectivity index (χ0v) is 21.7. The summed E-state index contributed by atoms with van der Waals surface area (Å²) >= 11 is 0. The van der Waals surface area contributed by atoms with Crippen LogP contribution in [0.15, 0.2) is 83.7 Å². The summed E-state index contributed by atoms with van der Waals surface area (Å²) in [5, 5.41) is 9.27. The van der Waals surface area contributed by atoms with Gasteiger partial charge in [-0.3, -0.25) is 18.7 Å². The zero-order valence-electron chi connectivity index (χ0n) is 21.7. The molecular weight excluding hydrogens is 476 g/mol. The SMILES string of the molecule is Cc1nnc2n(CCCN3CCN(Cc4ccc(Oc5ccccc5)cc4)CC3)c(=O)c3ccccc3n12. The summed E-state index contributed by atoms with van der Waals surface area (Å²) in [5.74, 6) is 3.12. The lowest BCUT2D eigenvalue weighted by atomic mass is 10.2. The molecule has 0 amide bonds. The molecule has 8 nitrogen and oxygen atoms in total. The standard InChI is InChI=1S/C30H32N6O2/c1-23-31-32-30-35(29(37)27-10-5-6-11-28(27)36(23)30)17-7-16-33-18-20-34(21-19-33)22-24-12-14-26(15-13-24)38-25-8-3-2-4-9-25/h2-6,8-15H,7,16-22H2,1H3. The molecule has 2 aromatic heterocycles. The lowest BCUT2D eigenvalue weighted by Crippen LogP contribution is -2.46. The van der Waals surface area contributed by atoms with Crippen LogP contribution < -0.4 is 10.3 Å². The first-order valence-corrected chi connectivity index (χ1v) is 13.3. The van der Waals surface area contributed by atoms with E-state index in [1.807, 2.05) is 78.1 Å². The summed E-state index contributed by atoms with van der Waals surface area (Å²) in [6.45, 7) is 8.57. The third-order valence-corrected chi connectivity index (χ3v) is 7.30. The van der Waals surface area contributed by atoms with Gasteiger partial charge in [0.05, 0.1) is 10.9 Å². The molecule has 1 saturated heterocycles. The van der Waals surface area contributed by atoms with E-state index in [0.717, 1.165) is 68.5 Å². The van der Waals surface area contributed by atoms with Gasteiger partial charge in [0, 0.05) is 39.3 Å². The fraction of sp³-hybridized carbons (Fsp3) is 0.300. The number of aromatic nitrogens is 4. The lowest BCUT2D eigenvalue weighted by molar-refractivity contribution is 0.125. The molecule has 1 aliphatic rings. The van der Waals surface area contributed by atoms with E-state index in [9.17, 15) is 4.79 Å². The molecule has 3 heterocycles. The van der Waals surface area contributed by atoms with Crippen LogP contribution in [-0.4, -0.2) is 61.7 Å². The number of nitrogens with zero attached hydrogens (tertiary/aromatic N) is 6. The van der Waals surface area contributed by atoms with Crippen LogP contribution >= 0.6 is 0 Å². The molecule has 1 aliphatic heterocycles. The van der Waals surface area contributed by atoms with E-state index in [1.54, 1.807) is 4.57 Å². The van der Waals surface area contributed by atoms with Crippen molar-refractivity contribution in [2.45, 2.75) is 26.4 Å². The van der Waals surface area contributed by atoms with Gasteiger partial charge < -0.3 is 9.64 Å². The summed E-state index contributed by atoms with van der Waals surface area (Å²) in [7, 11) is 0. The van der Waals surface area contributed by atoms with Gasteiger partial charge in [-0.1, -0.05) is 42.5 Å². The van der Waals surface area contributed by atoms with E-state index in [1.165, 1.54) is 5.56 Å². The molecular formula is C30H32N6O2. The molecule has 3 aromatic carbocycles. The van der Waals surface area contributed by atoms with Gasteiger partial charge in [0.25, 0.3) is 5.56 Å². The highest BCUT2D eigenvalue weighted by atomic mass is 16.5. The molecule has 8 heteroatoms. The molecule has 194 valence electrons. The van der Waals surface area contributed by atoms with Gasteiger partial charge in [-0.25, -0.2) is 0 Å². The summed E-state index contributed by atoms with van der Waals surface area (Å²) in [5.41, 5.74) is 2.16. The Bertz CT molecular complexity index is 1590. The first-order chi connectivity index (χ1) is 18.7. The number of hydrogen-bond acceptors (Lipinski definition) is 6. The molecule has 0 radical (unpaired) electrons. The summed E-state index contributed by atoms with van der Waals surface area (Å²) < 4.78 is 9.67. The number of fused-ring (bicyclic) bond motifs is 3. The Morgan fingerprint density at radius 2 is 1.45 bits per heavy atom. The smallest absolute Gasteiger partial charge is 0.262 e. The van der Waals surface area contributed by atoms with Crippen LogP contribution in [-0.2, 0) is 13.1 Å². The number of ether oxygens (including phenoxy) is 1. The highest BCUT2D eigenvalue weighted by Gasteiger charge is 2.18. The first-order valence-electron chi connectivity index (χ1n) is 13.3. The Kier molecular flexibility index (Phi) is 6.90. The Labute approximate surface area is 221 Å². The van der Waals surface area contributed by atoms with Crippen LogP contribution in [0, 0.1) is 6.92 Å². The second-order valence-electron chi connectivity index (χ2n) is 9.89. The summed E-state index contributed by atoms with van der Waals surface area (Å²) in [6, 6.07) is 25.9. The van der Waals surface area contributed by atoms with Crippen LogP contribution in [0.2, 0.25) is 0 Å². The second kappa shape index (κ2) is 10.8. The van der Waals surface area contributed by atoms with Crippen molar-refractivity contribution in [1.29, 1.82) is 0 Å². The highest BCUT2D eigenvalue weighted by molar-refractivity contribution is 5.80. The largest absolute Gasteiger partial charge is 0.457 e. The van der Waals surface area contributed by atoms with Gasteiger partial charge in [0.1, 0.15) is 17.3 Å². The Hall–Kier alpha value is -4.01. The maximum atomic E-state index is 13.2. The average Bonchev–Trinajstić information content (AvgIpc) is 3.34. The van der Waals surface area contributed by atoms with Crippen molar-refractivity contribution in [3.63, 3.8) is 0 Å². The minimum absolute atomic E-state index is 0.00510. The number of hydrogen-bond donors (Lipinski definition) is 0. The van der Waals surface area contributed by atoms with Gasteiger partial charge in [0.15, 0.2) is 0 Å². The third kappa shape index (κ3) is 5.05. The Morgan fingerprint density at radius 1 is 0.763 bits per heavy atom. The molecule has 0 N–H and O–H groups in total. The van der Waals surface area contributed by atoms with Crippen molar-refractivity contribution in [3.8, 4) is 11.5 Å². The molecule has 0 aliphatic carbocycles. The van der Waals surface area contributed by atoms with Crippen molar-refractivity contribution < 1.29 is 4.74 Å². The predicted molar refractivity (Wildman–Crippen MR) is 149 cm³/mol. The topological polar surface area (TPSA) is 67.9 Å². The number of aryl methyl sites for hydroxylation is 2. The van der Waals surface area contributed by atoms with Crippen LogP contribution in [0.3, 0.4) is 0 Å². The van der Waals surface area contributed by atoms with E-state index in [4.69, 9.17) is 4.74 Å². The molecule has 38 heavy (non-hydrogen) atoms. The molecule has 0 atom stereocenters. The zero-order chi connectivity index (χ0) is 25.9. The number of rotatable bonds is 8. The first kappa shape index (κ1) is 24.3. The molecule has 5 aromatic rings.